The van der Waals surface area contributed by atoms with E-state index in [0.717, 1.165) is 28.8 Å². The minimum Gasteiger partial charge on any atom is -0.385 e. The zero-order valence-corrected chi connectivity index (χ0v) is 18.0. The van der Waals surface area contributed by atoms with Gasteiger partial charge in [0.05, 0.1) is 23.5 Å². The Morgan fingerprint density at radius 1 is 1.13 bits per heavy atom. The van der Waals surface area contributed by atoms with E-state index in [4.69, 9.17) is 9.72 Å². The van der Waals surface area contributed by atoms with Crippen molar-refractivity contribution in [2.24, 2.45) is 0 Å². The van der Waals surface area contributed by atoms with Crippen LogP contribution in [0.3, 0.4) is 0 Å². The fourth-order valence-corrected chi connectivity index (χ4v) is 4.18. The van der Waals surface area contributed by atoms with Gasteiger partial charge in [-0.25, -0.2) is 4.98 Å². The lowest BCUT2D eigenvalue weighted by atomic mass is 10.0. The molecule has 162 valence electrons. The molecule has 0 fully saturated rings. The number of aromatic nitrogens is 2. The lowest BCUT2D eigenvalue weighted by Crippen LogP contribution is -2.46. The summed E-state index contributed by atoms with van der Waals surface area (Å²) in [7, 11) is 1.64. The first kappa shape index (κ1) is 21.1. The van der Waals surface area contributed by atoms with Gasteiger partial charge in [0.2, 0.25) is 11.8 Å². The number of imidazole rings is 1. The van der Waals surface area contributed by atoms with Crippen LogP contribution in [0.5, 0.6) is 0 Å². The molecule has 2 atom stereocenters. The molecule has 7 heteroatoms. The molecule has 1 aliphatic heterocycles. The van der Waals surface area contributed by atoms with Crippen molar-refractivity contribution in [2.45, 2.75) is 38.4 Å². The summed E-state index contributed by atoms with van der Waals surface area (Å²) in [5.74, 6) is 0.611. The molecule has 0 bridgehead atoms. The number of carbonyl (C=O) groups excluding carboxylic acids is 2. The molecule has 0 spiro atoms. The van der Waals surface area contributed by atoms with Gasteiger partial charge in [0.25, 0.3) is 0 Å². The van der Waals surface area contributed by atoms with Crippen molar-refractivity contribution in [3.8, 4) is 0 Å². The third-order valence-corrected chi connectivity index (χ3v) is 5.77. The summed E-state index contributed by atoms with van der Waals surface area (Å²) >= 11 is 0. The standard InChI is InChI=1S/C24H28N4O3/c1-17-23-26-19-11-6-7-12-20(19)28(23)21(15-22(29)25-13-8-14-31-2)24(30)27(17)16-18-9-4-3-5-10-18/h3-7,9-12,17,21H,8,13-16H2,1-2H3,(H,25,29)/t17-,21+/m0/s1. The first-order valence-corrected chi connectivity index (χ1v) is 10.7. The van der Waals surface area contributed by atoms with E-state index in [2.05, 4.69) is 5.32 Å². The van der Waals surface area contributed by atoms with Gasteiger partial charge in [-0.05, 0) is 31.0 Å². The van der Waals surface area contributed by atoms with Crippen LogP contribution in [0.2, 0.25) is 0 Å². The van der Waals surface area contributed by atoms with E-state index in [9.17, 15) is 9.59 Å². The van der Waals surface area contributed by atoms with E-state index in [1.54, 1.807) is 7.11 Å². The third-order valence-electron chi connectivity index (χ3n) is 5.77. The highest BCUT2D eigenvalue weighted by atomic mass is 16.5. The van der Waals surface area contributed by atoms with Gasteiger partial charge in [-0.3, -0.25) is 9.59 Å². The topological polar surface area (TPSA) is 76.5 Å². The largest absolute Gasteiger partial charge is 0.385 e. The van der Waals surface area contributed by atoms with Crippen molar-refractivity contribution in [2.75, 3.05) is 20.3 Å². The zero-order chi connectivity index (χ0) is 21.8. The van der Waals surface area contributed by atoms with Crippen LogP contribution < -0.4 is 5.32 Å². The van der Waals surface area contributed by atoms with Crippen LogP contribution >= 0.6 is 0 Å². The highest BCUT2D eigenvalue weighted by Gasteiger charge is 2.40. The van der Waals surface area contributed by atoms with Crippen molar-refractivity contribution in [1.29, 1.82) is 0 Å². The summed E-state index contributed by atoms with van der Waals surface area (Å²) in [6, 6.07) is 16.9. The van der Waals surface area contributed by atoms with Crippen molar-refractivity contribution in [3.63, 3.8) is 0 Å². The van der Waals surface area contributed by atoms with E-state index in [0.29, 0.717) is 19.7 Å². The number of nitrogens with one attached hydrogen (secondary N) is 1. The Kier molecular flexibility index (Phi) is 6.32. The molecule has 4 rings (SSSR count). The normalized spacial score (nSPS) is 18.3. The Bertz CT molecular complexity index is 1060. The first-order valence-electron chi connectivity index (χ1n) is 10.7. The molecular formula is C24H28N4O3. The fourth-order valence-electron chi connectivity index (χ4n) is 4.18. The molecule has 0 radical (unpaired) electrons. The van der Waals surface area contributed by atoms with Gasteiger partial charge in [-0.2, -0.15) is 0 Å². The summed E-state index contributed by atoms with van der Waals surface area (Å²) in [5, 5.41) is 2.91. The lowest BCUT2D eigenvalue weighted by molar-refractivity contribution is -0.142. The van der Waals surface area contributed by atoms with Crippen LogP contribution in [0.4, 0.5) is 0 Å². The number of methoxy groups -OCH3 is 1. The van der Waals surface area contributed by atoms with Gasteiger partial charge in [0.1, 0.15) is 11.9 Å². The second-order valence-electron chi connectivity index (χ2n) is 7.87. The third kappa shape index (κ3) is 4.32. The van der Waals surface area contributed by atoms with Crippen molar-refractivity contribution >= 4 is 22.8 Å². The zero-order valence-electron chi connectivity index (χ0n) is 18.0. The predicted octanol–water partition coefficient (Wildman–Crippen LogP) is 3.22. The molecule has 1 N–H and O–H groups in total. The Morgan fingerprint density at radius 3 is 2.65 bits per heavy atom. The highest BCUT2D eigenvalue weighted by Crippen LogP contribution is 2.37. The van der Waals surface area contributed by atoms with E-state index in [1.807, 2.05) is 71.0 Å². The Balaban J connectivity index is 1.65. The maximum atomic E-state index is 13.6. The summed E-state index contributed by atoms with van der Waals surface area (Å²) < 4.78 is 6.99. The SMILES string of the molecule is COCCCNC(=O)C[C@@H]1C(=O)N(Cc2ccccc2)[C@@H](C)c2nc3ccccc3n21. The molecule has 2 aromatic carbocycles. The minimum absolute atomic E-state index is 0.0564. The molecule has 1 aromatic heterocycles. The van der Waals surface area contributed by atoms with Crippen LogP contribution in [0.15, 0.2) is 54.6 Å². The second kappa shape index (κ2) is 9.31. The maximum Gasteiger partial charge on any atom is 0.247 e. The molecule has 0 saturated heterocycles. The predicted molar refractivity (Wildman–Crippen MR) is 118 cm³/mol. The number of nitrogens with zero attached hydrogens (tertiary/aromatic N) is 3. The smallest absolute Gasteiger partial charge is 0.247 e. The summed E-state index contributed by atoms with van der Waals surface area (Å²) in [4.78, 5) is 33.0. The van der Waals surface area contributed by atoms with E-state index in [-0.39, 0.29) is 24.3 Å². The van der Waals surface area contributed by atoms with Crippen molar-refractivity contribution in [3.05, 3.63) is 66.0 Å². The molecule has 0 unspecified atom stereocenters. The number of hydrogen-bond acceptors (Lipinski definition) is 4. The van der Waals surface area contributed by atoms with Gasteiger partial charge in [-0.1, -0.05) is 42.5 Å². The Labute approximate surface area is 182 Å². The molecule has 2 amide bonds. The summed E-state index contributed by atoms with van der Waals surface area (Å²) in [6.45, 7) is 3.59. The van der Waals surface area contributed by atoms with Crippen LogP contribution in [-0.4, -0.2) is 46.5 Å². The maximum absolute atomic E-state index is 13.6. The average Bonchev–Trinajstić information content (AvgIpc) is 3.18. The molecule has 3 aromatic rings. The second-order valence-corrected chi connectivity index (χ2v) is 7.87. The van der Waals surface area contributed by atoms with Crippen LogP contribution in [0, 0.1) is 0 Å². The number of carbonyl (C=O) groups is 2. The van der Waals surface area contributed by atoms with Gasteiger partial charge < -0.3 is 19.5 Å². The Hall–Kier alpha value is -3.19. The molecule has 0 aliphatic carbocycles. The number of rotatable bonds is 8. The first-order chi connectivity index (χ1) is 15.1. The van der Waals surface area contributed by atoms with Gasteiger partial charge >= 0.3 is 0 Å². The van der Waals surface area contributed by atoms with E-state index < -0.39 is 6.04 Å². The Morgan fingerprint density at radius 2 is 1.87 bits per heavy atom. The number of ether oxygens (including phenoxy) is 1. The monoisotopic (exact) mass is 420 g/mol. The van der Waals surface area contributed by atoms with Crippen LogP contribution in [-0.2, 0) is 20.9 Å². The molecule has 7 nitrogen and oxygen atoms in total. The van der Waals surface area contributed by atoms with Gasteiger partial charge in [0.15, 0.2) is 0 Å². The number of amides is 2. The van der Waals surface area contributed by atoms with Gasteiger partial charge in [0, 0.05) is 26.8 Å². The average molecular weight is 421 g/mol. The van der Waals surface area contributed by atoms with Crippen molar-refractivity contribution in [1.82, 2.24) is 19.8 Å². The summed E-state index contributed by atoms with van der Waals surface area (Å²) in [6.07, 6.45) is 0.814. The number of benzene rings is 2. The van der Waals surface area contributed by atoms with Crippen LogP contribution in [0.1, 0.15) is 43.2 Å². The minimum atomic E-state index is -0.621. The number of fused-ring (bicyclic) bond motifs is 3. The molecule has 0 saturated carbocycles. The quantitative estimate of drug-likeness (QED) is 0.568. The van der Waals surface area contributed by atoms with Gasteiger partial charge in [-0.15, -0.1) is 0 Å². The van der Waals surface area contributed by atoms with Crippen molar-refractivity contribution < 1.29 is 14.3 Å². The molecule has 31 heavy (non-hydrogen) atoms. The lowest BCUT2D eigenvalue weighted by Gasteiger charge is -2.38. The van der Waals surface area contributed by atoms with E-state index >= 15 is 0 Å². The van der Waals surface area contributed by atoms with E-state index in [1.165, 1.54) is 0 Å². The highest BCUT2D eigenvalue weighted by molar-refractivity contribution is 5.90. The molecular weight excluding hydrogens is 392 g/mol. The van der Waals surface area contributed by atoms with Crippen LogP contribution in [0.25, 0.3) is 11.0 Å². The fraction of sp³-hybridized carbons (Fsp3) is 0.375. The molecule has 2 heterocycles. The summed E-state index contributed by atoms with van der Waals surface area (Å²) in [5.41, 5.74) is 2.77. The molecule has 1 aliphatic rings. The number of para-hydroxylation sites is 2. The number of hydrogen-bond donors (Lipinski definition) is 1.